The molecular weight excluding hydrogens is 228 g/mol. The van der Waals surface area contributed by atoms with E-state index in [0.717, 1.165) is 18.4 Å². The highest BCUT2D eigenvalue weighted by Crippen LogP contribution is 2.39. The molecule has 18 heavy (non-hydrogen) atoms. The van der Waals surface area contributed by atoms with Gasteiger partial charge >= 0.3 is 5.97 Å². The van der Waals surface area contributed by atoms with Gasteiger partial charge in [-0.05, 0) is 25.2 Å². The van der Waals surface area contributed by atoms with Crippen LogP contribution in [0.25, 0.3) is 0 Å². The van der Waals surface area contributed by atoms with E-state index in [1.807, 2.05) is 6.92 Å². The van der Waals surface area contributed by atoms with Crippen molar-refractivity contribution in [1.82, 2.24) is 0 Å². The van der Waals surface area contributed by atoms with Crippen LogP contribution in [0.15, 0.2) is 24.8 Å². The molecule has 3 atom stereocenters. The summed E-state index contributed by atoms with van der Waals surface area (Å²) in [6, 6.07) is 0. The number of esters is 1. The monoisotopic (exact) mass is 250 g/mol. The maximum absolute atomic E-state index is 11.9. The Bertz CT molecular complexity index is 357. The van der Waals surface area contributed by atoms with Crippen molar-refractivity contribution in [1.29, 1.82) is 0 Å². The van der Waals surface area contributed by atoms with Crippen LogP contribution in [0.2, 0.25) is 0 Å². The Morgan fingerprint density at radius 3 is 2.78 bits per heavy atom. The van der Waals surface area contributed by atoms with Gasteiger partial charge in [0.2, 0.25) is 0 Å². The third-order valence-electron chi connectivity index (χ3n) is 3.85. The van der Waals surface area contributed by atoms with Crippen molar-refractivity contribution in [2.75, 3.05) is 7.11 Å². The lowest BCUT2D eigenvalue weighted by molar-refractivity contribution is -0.145. The highest BCUT2D eigenvalue weighted by atomic mass is 16.5. The standard InChI is InChI=1S/C15H22O3/c1-5-10(3)9-13-12(7-8-14(13)16)11(6-2)15(17)18-4/h6,11-13H,2-3,5,7-9H2,1,4H3/t11?,12-,13-/m1/s1. The molecule has 0 aromatic rings. The molecule has 0 heterocycles. The number of ether oxygens (including phenoxy) is 1. The van der Waals surface area contributed by atoms with Crippen LogP contribution in [0.1, 0.15) is 32.6 Å². The summed E-state index contributed by atoms with van der Waals surface area (Å²) < 4.78 is 4.79. The van der Waals surface area contributed by atoms with Crippen molar-refractivity contribution in [2.24, 2.45) is 17.8 Å². The lowest BCUT2D eigenvalue weighted by atomic mass is 9.80. The molecule has 0 N–H and O–H groups in total. The number of Topliss-reactive ketones (excluding diaryl/α,β-unsaturated/α-hetero) is 1. The van der Waals surface area contributed by atoms with Gasteiger partial charge in [0.1, 0.15) is 5.78 Å². The van der Waals surface area contributed by atoms with Crippen LogP contribution in [-0.2, 0) is 14.3 Å². The molecule has 3 heteroatoms. The molecule has 1 aliphatic carbocycles. The van der Waals surface area contributed by atoms with E-state index in [1.165, 1.54) is 7.11 Å². The van der Waals surface area contributed by atoms with Gasteiger partial charge in [-0.25, -0.2) is 0 Å². The van der Waals surface area contributed by atoms with Gasteiger partial charge in [0, 0.05) is 12.3 Å². The van der Waals surface area contributed by atoms with Crippen LogP contribution in [-0.4, -0.2) is 18.9 Å². The number of ketones is 1. The number of rotatable bonds is 6. The summed E-state index contributed by atoms with van der Waals surface area (Å²) in [5, 5.41) is 0. The fraction of sp³-hybridized carbons (Fsp3) is 0.600. The van der Waals surface area contributed by atoms with Crippen molar-refractivity contribution in [3.05, 3.63) is 24.8 Å². The van der Waals surface area contributed by atoms with Gasteiger partial charge in [-0.15, -0.1) is 6.58 Å². The molecule has 0 spiro atoms. The topological polar surface area (TPSA) is 43.4 Å². The predicted molar refractivity (Wildman–Crippen MR) is 71.0 cm³/mol. The number of carbonyl (C=O) groups excluding carboxylic acids is 2. The zero-order valence-corrected chi connectivity index (χ0v) is 11.3. The molecule has 1 rings (SSSR count). The molecule has 1 unspecified atom stereocenters. The van der Waals surface area contributed by atoms with Crippen molar-refractivity contribution in [3.63, 3.8) is 0 Å². The van der Waals surface area contributed by atoms with Crippen molar-refractivity contribution in [2.45, 2.75) is 32.6 Å². The Morgan fingerprint density at radius 2 is 2.28 bits per heavy atom. The fourth-order valence-corrected chi connectivity index (χ4v) is 2.67. The minimum atomic E-state index is -0.379. The van der Waals surface area contributed by atoms with E-state index >= 15 is 0 Å². The number of methoxy groups -OCH3 is 1. The zero-order chi connectivity index (χ0) is 13.7. The highest BCUT2D eigenvalue weighted by Gasteiger charge is 2.41. The second-order valence-corrected chi connectivity index (χ2v) is 4.87. The third-order valence-corrected chi connectivity index (χ3v) is 3.85. The van der Waals surface area contributed by atoms with Crippen LogP contribution in [0.3, 0.4) is 0 Å². The second-order valence-electron chi connectivity index (χ2n) is 4.87. The summed E-state index contributed by atoms with van der Waals surface area (Å²) in [5.74, 6) is -0.511. The van der Waals surface area contributed by atoms with Crippen LogP contribution in [0, 0.1) is 17.8 Å². The summed E-state index contributed by atoms with van der Waals surface area (Å²) >= 11 is 0. The van der Waals surface area contributed by atoms with Crippen LogP contribution >= 0.6 is 0 Å². The van der Waals surface area contributed by atoms with E-state index in [-0.39, 0.29) is 29.5 Å². The van der Waals surface area contributed by atoms with Gasteiger partial charge < -0.3 is 4.74 Å². The van der Waals surface area contributed by atoms with E-state index in [4.69, 9.17) is 4.74 Å². The summed E-state index contributed by atoms with van der Waals surface area (Å²) in [4.78, 5) is 23.7. The predicted octanol–water partition coefficient (Wildman–Crippen LogP) is 2.91. The Balaban J connectivity index is 2.85. The number of hydrogen-bond donors (Lipinski definition) is 0. The lowest BCUT2D eigenvalue weighted by Crippen LogP contribution is -2.28. The van der Waals surface area contributed by atoms with Crippen LogP contribution in [0.5, 0.6) is 0 Å². The van der Waals surface area contributed by atoms with E-state index in [9.17, 15) is 9.59 Å². The second kappa shape index (κ2) is 6.53. The molecule has 0 aromatic heterocycles. The normalized spacial score (nSPS) is 24.7. The smallest absolute Gasteiger partial charge is 0.312 e. The zero-order valence-electron chi connectivity index (χ0n) is 11.3. The largest absolute Gasteiger partial charge is 0.469 e. The molecule has 3 nitrogen and oxygen atoms in total. The average Bonchev–Trinajstić information content (AvgIpc) is 2.72. The first-order valence-electron chi connectivity index (χ1n) is 6.44. The van der Waals surface area contributed by atoms with E-state index in [2.05, 4.69) is 13.2 Å². The molecule has 100 valence electrons. The van der Waals surface area contributed by atoms with Crippen molar-refractivity contribution in [3.8, 4) is 0 Å². The van der Waals surface area contributed by atoms with Gasteiger partial charge in [0.25, 0.3) is 0 Å². The summed E-state index contributed by atoms with van der Waals surface area (Å²) in [5.41, 5.74) is 1.06. The minimum absolute atomic E-state index is 0.0192. The van der Waals surface area contributed by atoms with Gasteiger partial charge in [0.05, 0.1) is 13.0 Å². The quantitative estimate of drug-likeness (QED) is 0.537. The molecule has 1 saturated carbocycles. The van der Waals surface area contributed by atoms with Gasteiger partial charge in [-0.3, -0.25) is 9.59 Å². The Kier molecular flexibility index (Phi) is 5.32. The minimum Gasteiger partial charge on any atom is -0.469 e. The first-order chi connectivity index (χ1) is 8.54. The first kappa shape index (κ1) is 14.7. The first-order valence-corrected chi connectivity index (χ1v) is 6.44. The van der Waals surface area contributed by atoms with Crippen molar-refractivity contribution >= 4 is 11.8 Å². The molecule has 0 aromatic carbocycles. The number of hydrogen-bond acceptors (Lipinski definition) is 3. The summed E-state index contributed by atoms with van der Waals surface area (Å²) in [6.07, 6.45) is 4.45. The van der Waals surface area contributed by atoms with Crippen LogP contribution < -0.4 is 0 Å². The Morgan fingerprint density at radius 1 is 1.61 bits per heavy atom. The lowest BCUT2D eigenvalue weighted by Gasteiger charge is -2.24. The summed E-state index contributed by atoms with van der Waals surface area (Å²) in [7, 11) is 1.37. The molecular formula is C15H22O3. The highest BCUT2D eigenvalue weighted by molar-refractivity contribution is 5.85. The molecule has 1 fully saturated rings. The van der Waals surface area contributed by atoms with Gasteiger partial charge in [-0.2, -0.15) is 0 Å². The number of allylic oxidation sites excluding steroid dienone is 1. The molecule has 0 bridgehead atoms. The maximum Gasteiger partial charge on any atom is 0.312 e. The Hall–Kier alpha value is -1.38. The average molecular weight is 250 g/mol. The molecule has 0 aliphatic heterocycles. The van der Waals surface area contributed by atoms with Crippen molar-refractivity contribution < 1.29 is 14.3 Å². The van der Waals surface area contributed by atoms with E-state index in [0.29, 0.717) is 12.8 Å². The fourth-order valence-electron chi connectivity index (χ4n) is 2.67. The van der Waals surface area contributed by atoms with E-state index in [1.54, 1.807) is 6.08 Å². The van der Waals surface area contributed by atoms with E-state index < -0.39 is 0 Å². The molecule has 0 saturated heterocycles. The van der Waals surface area contributed by atoms with Gasteiger partial charge in [-0.1, -0.05) is 25.2 Å². The molecule has 1 aliphatic rings. The molecule has 0 radical (unpaired) electrons. The summed E-state index contributed by atoms with van der Waals surface area (Å²) in [6.45, 7) is 9.69. The maximum atomic E-state index is 11.9. The third kappa shape index (κ3) is 3.09. The van der Waals surface area contributed by atoms with Gasteiger partial charge in [0.15, 0.2) is 0 Å². The SMILES string of the molecule is C=CC(C(=O)OC)[C@H]1CCC(=O)[C@@H]1CC(=C)CC. The Labute approximate surface area is 109 Å². The van der Waals surface area contributed by atoms with Crippen LogP contribution in [0.4, 0.5) is 0 Å². The number of carbonyl (C=O) groups is 2. The molecule has 0 amide bonds.